The molecule has 1 aromatic carbocycles. The number of nitrogens with zero attached hydrogens (tertiary/aromatic N) is 4. The van der Waals surface area contributed by atoms with Gasteiger partial charge in [-0.3, -0.25) is 4.79 Å². The molecular formula is C20H24FN5O2. The molecule has 4 rings (SSSR count). The van der Waals surface area contributed by atoms with Crippen LogP contribution in [0.25, 0.3) is 11.1 Å². The fraction of sp³-hybridized carbons (Fsp3) is 0.450. The van der Waals surface area contributed by atoms with Gasteiger partial charge in [-0.05, 0) is 51.3 Å². The highest BCUT2D eigenvalue weighted by molar-refractivity contribution is 5.74. The molecule has 1 fully saturated rings. The molecule has 1 aliphatic heterocycles. The van der Waals surface area contributed by atoms with Gasteiger partial charge in [-0.2, -0.15) is 10.1 Å². The zero-order valence-electron chi connectivity index (χ0n) is 16.1. The third-order valence-electron chi connectivity index (χ3n) is 5.06. The molecule has 0 radical (unpaired) electrons. The van der Waals surface area contributed by atoms with Crippen molar-refractivity contribution in [2.75, 3.05) is 23.3 Å². The number of benzene rings is 1. The molecule has 1 atom stereocenters. The number of piperidine rings is 1. The first-order valence-electron chi connectivity index (χ1n) is 9.68. The lowest BCUT2D eigenvalue weighted by molar-refractivity contribution is 0.448. The predicted octanol–water partition coefficient (Wildman–Crippen LogP) is 3.58. The summed E-state index contributed by atoms with van der Waals surface area (Å²) in [4.78, 5) is 18.6. The van der Waals surface area contributed by atoms with Crippen LogP contribution >= 0.6 is 0 Å². The summed E-state index contributed by atoms with van der Waals surface area (Å²) in [5.74, 6) is 0.458. The van der Waals surface area contributed by atoms with Crippen LogP contribution in [0.2, 0.25) is 0 Å². The Morgan fingerprint density at radius 1 is 1.29 bits per heavy atom. The van der Waals surface area contributed by atoms with Gasteiger partial charge in [0.1, 0.15) is 17.2 Å². The summed E-state index contributed by atoms with van der Waals surface area (Å²) in [7, 11) is 0. The number of halogens is 1. The van der Waals surface area contributed by atoms with Gasteiger partial charge in [-0.1, -0.05) is 0 Å². The van der Waals surface area contributed by atoms with Gasteiger partial charge in [0.15, 0.2) is 5.58 Å². The minimum absolute atomic E-state index is 0.00830. The van der Waals surface area contributed by atoms with Crippen LogP contribution in [0.5, 0.6) is 0 Å². The maximum atomic E-state index is 13.3. The third kappa shape index (κ3) is 3.72. The van der Waals surface area contributed by atoms with Gasteiger partial charge < -0.3 is 14.6 Å². The zero-order valence-corrected chi connectivity index (χ0v) is 16.1. The first-order chi connectivity index (χ1) is 13.5. The summed E-state index contributed by atoms with van der Waals surface area (Å²) >= 11 is 0. The highest BCUT2D eigenvalue weighted by Gasteiger charge is 2.25. The molecule has 0 bridgehead atoms. The van der Waals surface area contributed by atoms with Gasteiger partial charge >= 0.3 is 0 Å². The fourth-order valence-electron chi connectivity index (χ4n) is 3.63. The van der Waals surface area contributed by atoms with Crippen molar-refractivity contribution in [3.8, 4) is 0 Å². The average molecular weight is 385 g/mol. The number of aromatic nitrogens is 3. The minimum atomic E-state index is -0.347. The second kappa shape index (κ2) is 7.61. The van der Waals surface area contributed by atoms with Crippen molar-refractivity contribution in [1.82, 2.24) is 14.8 Å². The van der Waals surface area contributed by atoms with E-state index in [2.05, 4.69) is 20.3 Å². The Hall–Kier alpha value is -2.90. The van der Waals surface area contributed by atoms with Crippen LogP contribution in [-0.2, 0) is 0 Å². The molecule has 0 aliphatic carbocycles. The van der Waals surface area contributed by atoms with E-state index in [0.717, 1.165) is 31.6 Å². The molecule has 3 heterocycles. The van der Waals surface area contributed by atoms with E-state index in [1.54, 1.807) is 18.2 Å². The summed E-state index contributed by atoms with van der Waals surface area (Å²) in [6.45, 7) is 5.40. The lowest BCUT2D eigenvalue weighted by Gasteiger charge is -2.36. The van der Waals surface area contributed by atoms with Gasteiger partial charge in [0.2, 0.25) is 0 Å². The van der Waals surface area contributed by atoms with E-state index < -0.39 is 0 Å². The molecule has 148 valence electrons. The smallest absolute Gasteiger partial charge is 0.295 e. The van der Waals surface area contributed by atoms with Gasteiger partial charge in [0, 0.05) is 31.3 Å². The van der Waals surface area contributed by atoms with Crippen molar-refractivity contribution in [2.24, 2.45) is 0 Å². The molecule has 1 saturated heterocycles. The van der Waals surface area contributed by atoms with Crippen LogP contribution in [0, 0.1) is 5.82 Å². The lowest BCUT2D eigenvalue weighted by Crippen LogP contribution is -2.45. The molecule has 8 heteroatoms. The number of hydrogen-bond donors (Lipinski definition) is 1. The molecule has 2 aromatic heterocycles. The number of nitrogens with one attached hydrogen (secondary N) is 1. The Morgan fingerprint density at radius 3 is 2.96 bits per heavy atom. The van der Waals surface area contributed by atoms with Crippen molar-refractivity contribution in [3.05, 3.63) is 46.5 Å². The fourth-order valence-corrected chi connectivity index (χ4v) is 3.63. The first kappa shape index (κ1) is 18.5. The maximum absolute atomic E-state index is 13.3. The maximum Gasteiger partial charge on any atom is 0.295 e. The molecular weight excluding hydrogens is 361 g/mol. The second-order valence-corrected chi connectivity index (χ2v) is 7.42. The van der Waals surface area contributed by atoms with Crippen molar-refractivity contribution >= 4 is 22.9 Å². The highest BCUT2D eigenvalue weighted by Crippen LogP contribution is 2.24. The van der Waals surface area contributed by atoms with E-state index in [-0.39, 0.29) is 23.5 Å². The van der Waals surface area contributed by atoms with Crippen molar-refractivity contribution < 1.29 is 8.81 Å². The molecule has 28 heavy (non-hydrogen) atoms. The number of fused-ring (bicyclic) bond motifs is 1. The standard InChI is InChI=1S/C20H24FN5O2/c1-13(2)26-19(27)9-8-18(24-26)25-10-4-3-5-15(25)12-22-20-23-16-7-6-14(21)11-17(16)28-20/h6-9,11,13,15H,3-5,10,12H2,1-2H3,(H,22,23). The van der Waals surface area contributed by atoms with Gasteiger partial charge in [0.05, 0.1) is 6.04 Å². The Bertz CT molecular complexity index is 1030. The van der Waals surface area contributed by atoms with Crippen LogP contribution in [0.4, 0.5) is 16.2 Å². The predicted molar refractivity (Wildman–Crippen MR) is 106 cm³/mol. The lowest BCUT2D eigenvalue weighted by atomic mass is 10.0. The highest BCUT2D eigenvalue weighted by atomic mass is 19.1. The van der Waals surface area contributed by atoms with Crippen LogP contribution in [0.15, 0.2) is 39.5 Å². The Labute approximate surface area is 162 Å². The van der Waals surface area contributed by atoms with Crippen LogP contribution in [0.1, 0.15) is 39.2 Å². The van der Waals surface area contributed by atoms with E-state index in [9.17, 15) is 9.18 Å². The summed E-state index contributed by atoms with van der Waals surface area (Å²) in [6, 6.07) is 8.27. The Morgan fingerprint density at radius 2 is 2.14 bits per heavy atom. The number of anilines is 2. The van der Waals surface area contributed by atoms with Crippen molar-refractivity contribution in [1.29, 1.82) is 0 Å². The molecule has 0 spiro atoms. The topological polar surface area (TPSA) is 76.2 Å². The third-order valence-corrected chi connectivity index (χ3v) is 5.06. The van der Waals surface area contributed by atoms with E-state index >= 15 is 0 Å². The molecule has 1 aliphatic rings. The molecule has 0 amide bonds. The molecule has 0 saturated carbocycles. The number of rotatable bonds is 5. The molecule has 1 unspecified atom stereocenters. The van der Waals surface area contributed by atoms with Crippen LogP contribution < -0.4 is 15.8 Å². The largest absolute Gasteiger partial charge is 0.423 e. The number of hydrogen-bond acceptors (Lipinski definition) is 6. The van der Waals surface area contributed by atoms with E-state index in [0.29, 0.717) is 23.7 Å². The van der Waals surface area contributed by atoms with Gasteiger partial charge in [-0.15, -0.1) is 0 Å². The van der Waals surface area contributed by atoms with Crippen LogP contribution in [0.3, 0.4) is 0 Å². The van der Waals surface area contributed by atoms with Crippen molar-refractivity contribution in [3.63, 3.8) is 0 Å². The van der Waals surface area contributed by atoms with Crippen LogP contribution in [-0.4, -0.2) is 33.9 Å². The normalized spacial score (nSPS) is 17.4. The minimum Gasteiger partial charge on any atom is -0.423 e. The first-order valence-corrected chi connectivity index (χ1v) is 9.68. The van der Waals surface area contributed by atoms with Gasteiger partial charge in [-0.25, -0.2) is 9.07 Å². The molecule has 3 aromatic rings. The Balaban J connectivity index is 1.52. The zero-order chi connectivity index (χ0) is 19.7. The summed E-state index contributed by atoms with van der Waals surface area (Å²) in [5.41, 5.74) is 0.952. The van der Waals surface area contributed by atoms with Gasteiger partial charge in [0.25, 0.3) is 11.6 Å². The summed E-state index contributed by atoms with van der Waals surface area (Å²) < 4.78 is 20.5. The SMILES string of the molecule is CC(C)n1nc(N2CCCCC2CNc2nc3ccc(F)cc3o2)ccc1=O. The molecule has 1 N–H and O–H groups in total. The monoisotopic (exact) mass is 385 g/mol. The quantitative estimate of drug-likeness (QED) is 0.724. The van der Waals surface area contributed by atoms with E-state index in [1.807, 2.05) is 13.8 Å². The average Bonchev–Trinajstić information content (AvgIpc) is 3.09. The second-order valence-electron chi connectivity index (χ2n) is 7.42. The molecule has 7 nitrogen and oxygen atoms in total. The van der Waals surface area contributed by atoms with Crippen molar-refractivity contribution in [2.45, 2.75) is 45.2 Å². The van der Waals surface area contributed by atoms with E-state index in [4.69, 9.17) is 4.42 Å². The summed E-state index contributed by atoms with van der Waals surface area (Å²) in [5, 5.41) is 7.80. The summed E-state index contributed by atoms with van der Waals surface area (Å²) in [6.07, 6.45) is 3.22. The number of oxazole rings is 1. The van der Waals surface area contributed by atoms with E-state index in [1.165, 1.54) is 16.8 Å². The Kier molecular flexibility index (Phi) is 5.02.